The highest BCUT2D eigenvalue weighted by molar-refractivity contribution is 5.79. The number of carbonyl (C=O) groups is 1. The number of hydrogen-bond donors (Lipinski definition) is 1. The molecule has 2 rings (SSSR count). The van der Waals surface area contributed by atoms with Crippen molar-refractivity contribution in [2.24, 2.45) is 11.3 Å². The summed E-state index contributed by atoms with van der Waals surface area (Å²) in [5.41, 5.74) is 0.0853. The molecule has 1 amide bonds. The van der Waals surface area contributed by atoms with E-state index in [0.29, 0.717) is 13.1 Å². The highest BCUT2D eigenvalue weighted by atomic mass is 16.5. The minimum absolute atomic E-state index is 0.0437. The van der Waals surface area contributed by atoms with Crippen molar-refractivity contribution in [1.29, 1.82) is 0 Å². The van der Waals surface area contributed by atoms with Crippen LogP contribution in [0.3, 0.4) is 0 Å². The number of aliphatic hydroxyl groups excluding tert-OH is 1. The zero-order valence-corrected chi connectivity index (χ0v) is 14.2. The van der Waals surface area contributed by atoms with Gasteiger partial charge in [0.15, 0.2) is 0 Å². The summed E-state index contributed by atoms with van der Waals surface area (Å²) in [6, 6.07) is 0. The molecule has 0 spiro atoms. The third-order valence-electron chi connectivity index (χ3n) is 5.28. The van der Waals surface area contributed by atoms with E-state index in [1.54, 1.807) is 0 Å². The molecule has 1 heterocycles. The Labute approximate surface area is 134 Å². The first-order chi connectivity index (χ1) is 10.5. The van der Waals surface area contributed by atoms with Crippen molar-refractivity contribution in [3.8, 4) is 0 Å². The minimum Gasteiger partial charge on any atom is -0.395 e. The van der Waals surface area contributed by atoms with Gasteiger partial charge >= 0.3 is 0 Å². The lowest BCUT2D eigenvalue weighted by atomic mass is 9.68. The van der Waals surface area contributed by atoms with Crippen LogP contribution in [-0.2, 0) is 9.53 Å². The Morgan fingerprint density at radius 2 is 2.00 bits per heavy atom. The summed E-state index contributed by atoms with van der Waals surface area (Å²) in [5.74, 6) is 0.351. The van der Waals surface area contributed by atoms with Crippen molar-refractivity contribution in [2.75, 3.05) is 52.5 Å². The van der Waals surface area contributed by atoms with Gasteiger partial charge in [-0.05, 0) is 18.3 Å². The van der Waals surface area contributed by atoms with E-state index in [1.165, 1.54) is 6.42 Å². The van der Waals surface area contributed by atoms with Gasteiger partial charge in [0.05, 0.1) is 19.8 Å². The monoisotopic (exact) mass is 312 g/mol. The average Bonchev–Trinajstić information content (AvgIpc) is 2.51. The standard InChI is InChI=1S/C17H32N2O3/c1-17(2)6-4-3-5-15(17)16(21)19(9-12-20)8-7-18-10-13-22-14-11-18/h15,20H,3-14H2,1-2H3/t15-/m0/s1. The Hall–Kier alpha value is -0.650. The topological polar surface area (TPSA) is 53.0 Å². The van der Waals surface area contributed by atoms with Gasteiger partial charge in [0.1, 0.15) is 0 Å². The van der Waals surface area contributed by atoms with Crippen LogP contribution in [0, 0.1) is 11.3 Å². The fourth-order valence-electron chi connectivity index (χ4n) is 3.71. The van der Waals surface area contributed by atoms with Crippen molar-refractivity contribution in [2.45, 2.75) is 39.5 Å². The summed E-state index contributed by atoms with van der Waals surface area (Å²) >= 11 is 0. The van der Waals surface area contributed by atoms with E-state index in [1.807, 2.05) is 4.90 Å². The van der Waals surface area contributed by atoms with Crippen LogP contribution in [0.5, 0.6) is 0 Å². The number of ether oxygens (including phenoxy) is 1. The number of morpholine rings is 1. The first-order valence-corrected chi connectivity index (χ1v) is 8.74. The molecule has 0 unspecified atom stereocenters. The molecule has 2 aliphatic rings. The summed E-state index contributed by atoms with van der Waals surface area (Å²) in [6.45, 7) is 9.97. The van der Waals surface area contributed by atoms with Crippen molar-refractivity contribution in [3.05, 3.63) is 0 Å². The molecule has 1 saturated heterocycles. The van der Waals surface area contributed by atoms with E-state index in [2.05, 4.69) is 18.7 Å². The minimum atomic E-state index is 0.0437. The van der Waals surface area contributed by atoms with Crippen LogP contribution < -0.4 is 0 Å². The van der Waals surface area contributed by atoms with E-state index in [0.717, 1.165) is 52.1 Å². The largest absolute Gasteiger partial charge is 0.395 e. The Morgan fingerprint density at radius 1 is 1.27 bits per heavy atom. The van der Waals surface area contributed by atoms with E-state index in [9.17, 15) is 9.90 Å². The summed E-state index contributed by atoms with van der Waals surface area (Å²) in [7, 11) is 0. The van der Waals surface area contributed by atoms with Crippen LogP contribution in [0.25, 0.3) is 0 Å². The van der Waals surface area contributed by atoms with E-state index in [4.69, 9.17) is 4.74 Å². The highest BCUT2D eigenvalue weighted by Crippen LogP contribution is 2.41. The lowest BCUT2D eigenvalue weighted by molar-refractivity contribution is -0.142. The lowest BCUT2D eigenvalue weighted by Crippen LogP contribution is -2.48. The molecule has 0 radical (unpaired) electrons. The van der Waals surface area contributed by atoms with Crippen molar-refractivity contribution in [1.82, 2.24) is 9.80 Å². The smallest absolute Gasteiger partial charge is 0.226 e. The summed E-state index contributed by atoms with van der Waals surface area (Å²) in [4.78, 5) is 17.2. The van der Waals surface area contributed by atoms with Crippen molar-refractivity contribution in [3.63, 3.8) is 0 Å². The fraction of sp³-hybridized carbons (Fsp3) is 0.941. The van der Waals surface area contributed by atoms with Gasteiger partial charge in [0, 0.05) is 38.6 Å². The fourth-order valence-corrected chi connectivity index (χ4v) is 3.71. The van der Waals surface area contributed by atoms with Gasteiger partial charge in [-0.3, -0.25) is 9.69 Å². The Bertz CT molecular complexity index is 354. The third kappa shape index (κ3) is 4.67. The first-order valence-electron chi connectivity index (χ1n) is 8.74. The van der Waals surface area contributed by atoms with Crippen LogP contribution in [-0.4, -0.2) is 73.4 Å². The Balaban J connectivity index is 1.92. The maximum absolute atomic E-state index is 12.9. The number of aliphatic hydroxyl groups is 1. The highest BCUT2D eigenvalue weighted by Gasteiger charge is 2.39. The molecule has 1 saturated carbocycles. The van der Waals surface area contributed by atoms with Gasteiger partial charge in [0.25, 0.3) is 0 Å². The molecular weight excluding hydrogens is 280 g/mol. The summed E-state index contributed by atoms with van der Waals surface area (Å²) < 4.78 is 5.36. The number of carbonyl (C=O) groups excluding carboxylic acids is 1. The van der Waals surface area contributed by atoms with Gasteiger partial charge in [-0.25, -0.2) is 0 Å². The van der Waals surface area contributed by atoms with Crippen LogP contribution in [0.1, 0.15) is 39.5 Å². The van der Waals surface area contributed by atoms with Gasteiger partial charge in [0.2, 0.25) is 5.91 Å². The zero-order chi connectivity index (χ0) is 16.0. The molecule has 0 bridgehead atoms. The van der Waals surface area contributed by atoms with Gasteiger partial charge < -0.3 is 14.7 Å². The quantitative estimate of drug-likeness (QED) is 0.804. The van der Waals surface area contributed by atoms with Crippen LogP contribution in [0.4, 0.5) is 0 Å². The summed E-state index contributed by atoms with van der Waals surface area (Å²) in [6.07, 6.45) is 4.49. The van der Waals surface area contributed by atoms with Crippen LogP contribution >= 0.6 is 0 Å². The SMILES string of the molecule is CC1(C)CCCC[C@H]1C(=O)N(CCO)CCN1CCOCC1. The second-order valence-electron chi connectivity index (χ2n) is 7.29. The van der Waals surface area contributed by atoms with E-state index >= 15 is 0 Å². The molecule has 22 heavy (non-hydrogen) atoms. The molecule has 128 valence electrons. The molecule has 0 aromatic rings. The van der Waals surface area contributed by atoms with Crippen LogP contribution in [0.15, 0.2) is 0 Å². The molecule has 5 heteroatoms. The van der Waals surface area contributed by atoms with Gasteiger partial charge in [-0.2, -0.15) is 0 Å². The number of amides is 1. The zero-order valence-electron chi connectivity index (χ0n) is 14.2. The Kier molecular flexibility index (Phi) is 6.66. The molecule has 1 N–H and O–H groups in total. The molecular formula is C17H32N2O3. The second-order valence-corrected chi connectivity index (χ2v) is 7.29. The number of hydrogen-bond acceptors (Lipinski definition) is 4. The van der Waals surface area contributed by atoms with Gasteiger partial charge in [-0.1, -0.05) is 26.7 Å². The maximum atomic E-state index is 12.9. The Morgan fingerprint density at radius 3 is 2.64 bits per heavy atom. The molecule has 1 aliphatic heterocycles. The molecule has 5 nitrogen and oxygen atoms in total. The van der Waals surface area contributed by atoms with E-state index in [-0.39, 0.29) is 23.8 Å². The molecule has 1 aliphatic carbocycles. The average molecular weight is 312 g/mol. The molecule has 0 aromatic carbocycles. The predicted molar refractivity (Wildman–Crippen MR) is 86.7 cm³/mol. The second kappa shape index (κ2) is 8.27. The van der Waals surface area contributed by atoms with Crippen molar-refractivity contribution < 1.29 is 14.6 Å². The molecule has 0 aromatic heterocycles. The molecule has 2 fully saturated rings. The molecule has 1 atom stereocenters. The van der Waals surface area contributed by atoms with E-state index < -0.39 is 0 Å². The van der Waals surface area contributed by atoms with Crippen molar-refractivity contribution >= 4 is 5.91 Å². The van der Waals surface area contributed by atoms with Gasteiger partial charge in [-0.15, -0.1) is 0 Å². The predicted octanol–water partition coefficient (Wildman–Crippen LogP) is 1.36. The third-order valence-corrected chi connectivity index (χ3v) is 5.28. The maximum Gasteiger partial charge on any atom is 0.226 e. The number of rotatable bonds is 6. The first kappa shape index (κ1) is 17.7. The van der Waals surface area contributed by atoms with Crippen LogP contribution in [0.2, 0.25) is 0 Å². The summed E-state index contributed by atoms with van der Waals surface area (Å²) in [5, 5.41) is 9.32. The number of nitrogens with zero attached hydrogens (tertiary/aromatic N) is 2. The normalized spacial score (nSPS) is 25.9. The lowest BCUT2D eigenvalue weighted by Gasteiger charge is -2.40.